The van der Waals surface area contributed by atoms with Gasteiger partial charge < -0.3 is 10.1 Å². The minimum atomic E-state index is -3.75. The first-order valence-electron chi connectivity index (χ1n) is 9.99. The summed E-state index contributed by atoms with van der Waals surface area (Å²) in [6.45, 7) is 1.72. The molecule has 0 unspecified atom stereocenters. The van der Waals surface area contributed by atoms with Crippen LogP contribution in [0, 0.1) is 6.92 Å². The van der Waals surface area contributed by atoms with Crippen molar-refractivity contribution >= 4 is 48.0 Å². The van der Waals surface area contributed by atoms with E-state index in [1.165, 1.54) is 11.3 Å². The maximum atomic E-state index is 13.5. The number of anilines is 1. The first-order valence-corrected chi connectivity index (χ1v) is 13.1. The summed E-state index contributed by atoms with van der Waals surface area (Å²) in [4.78, 5) is 14.1. The topological polar surface area (TPSA) is 72.5 Å². The molecule has 0 fully saturated rings. The predicted molar refractivity (Wildman–Crippen MR) is 126 cm³/mol. The van der Waals surface area contributed by atoms with Gasteiger partial charge in [-0.3, -0.25) is 4.79 Å². The summed E-state index contributed by atoms with van der Waals surface area (Å²) in [5, 5.41) is 3.19. The molecule has 0 radical (unpaired) electrons. The second-order valence-electron chi connectivity index (χ2n) is 7.48. The standard InChI is InChI=1S/C23H22BrNO4S2/c1-15-6-12-18(13-7-15)31(27,28)22-19-4-2-3-5-20(19)30-23(22)25-21(26)14-29-17-10-8-16(24)9-11-17/h6-13H,2-5,14H2,1H3,(H,25,26). The molecule has 5 nitrogen and oxygen atoms in total. The molecular formula is C23H22BrNO4S2. The number of rotatable bonds is 6. The summed E-state index contributed by atoms with van der Waals surface area (Å²) in [6, 6.07) is 14.0. The number of hydrogen-bond donors (Lipinski definition) is 1. The van der Waals surface area contributed by atoms with E-state index in [-0.39, 0.29) is 22.3 Å². The van der Waals surface area contributed by atoms with Crippen molar-refractivity contribution in [2.75, 3.05) is 11.9 Å². The van der Waals surface area contributed by atoms with E-state index >= 15 is 0 Å². The molecule has 0 atom stereocenters. The van der Waals surface area contributed by atoms with Gasteiger partial charge in [-0.25, -0.2) is 8.42 Å². The summed E-state index contributed by atoms with van der Waals surface area (Å²) in [6.07, 6.45) is 3.51. The fourth-order valence-corrected chi connectivity index (χ4v) is 7.14. The summed E-state index contributed by atoms with van der Waals surface area (Å²) in [7, 11) is -3.75. The van der Waals surface area contributed by atoms with Crippen LogP contribution in [0.2, 0.25) is 0 Å². The molecule has 1 aromatic heterocycles. The van der Waals surface area contributed by atoms with Crippen molar-refractivity contribution in [1.82, 2.24) is 0 Å². The molecule has 0 saturated heterocycles. The molecule has 0 saturated carbocycles. The van der Waals surface area contributed by atoms with E-state index in [4.69, 9.17) is 4.74 Å². The fourth-order valence-electron chi connectivity index (χ4n) is 3.58. The Morgan fingerprint density at radius 1 is 1.06 bits per heavy atom. The molecule has 1 aliphatic rings. The van der Waals surface area contributed by atoms with Gasteiger partial charge in [0.2, 0.25) is 9.84 Å². The van der Waals surface area contributed by atoms with E-state index in [0.29, 0.717) is 17.2 Å². The number of sulfone groups is 1. The number of hydrogen-bond acceptors (Lipinski definition) is 5. The molecule has 0 spiro atoms. The number of ether oxygens (including phenoxy) is 1. The third kappa shape index (κ3) is 4.86. The minimum absolute atomic E-state index is 0.200. The van der Waals surface area contributed by atoms with Crippen molar-refractivity contribution in [3.05, 3.63) is 69.0 Å². The lowest BCUT2D eigenvalue weighted by atomic mass is 9.99. The molecule has 162 valence electrons. The molecule has 3 aromatic rings. The molecule has 2 aromatic carbocycles. The summed E-state index contributed by atoms with van der Waals surface area (Å²) in [5.74, 6) is 0.179. The van der Waals surface area contributed by atoms with Crippen LogP contribution in [-0.4, -0.2) is 20.9 Å². The van der Waals surface area contributed by atoms with Gasteiger partial charge in [0.25, 0.3) is 5.91 Å². The van der Waals surface area contributed by atoms with Crippen LogP contribution < -0.4 is 10.1 Å². The van der Waals surface area contributed by atoms with Gasteiger partial charge in [-0.1, -0.05) is 33.6 Å². The van der Waals surface area contributed by atoms with Crippen molar-refractivity contribution in [2.24, 2.45) is 0 Å². The molecule has 1 amide bonds. The van der Waals surface area contributed by atoms with Crippen LogP contribution in [-0.2, 0) is 27.5 Å². The van der Waals surface area contributed by atoms with Crippen LogP contribution >= 0.6 is 27.3 Å². The maximum Gasteiger partial charge on any atom is 0.262 e. The van der Waals surface area contributed by atoms with Gasteiger partial charge in [0.1, 0.15) is 15.6 Å². The smallest absolute Gasteiger partial charge is 0.262 e. The molecule has 1 heterocycles. The fraction of sp³-hybridized carbons (Fsp3) is 0.261. The Kier molecular flexibility index (Phi) is 6.50. The Morgan fingerprint density at radius 3 is 2.45 bits per heavy atom. The molecule has 1 N–H and O–H groups in total. The number of carbonyl (C=O) groups excluding carboxylic acids is 1. The number of nitrogens with one attached hydrogen (secondary N) is 1. The van der Waals surface area contributed by atoms with Crippen molar-refractivity contribution in [2.45, 2.75) is 42.4 Å². The van der Waals surface area contributed by atoms with Gasteiger partial charge in [0, 0.05) is 9.35 Å². The van der Waals surface area contributed by atoms with Gasteiger partial charge in [0.05, 0.1) is 4.90 Å². The molecule has 0 aliphatic heterocycles. The SMILES string of the molecule is Cc1ccc(S(=O)(=O)c2c(NC(=O)COc3ccc(Br)cc3)sc3c2CCCC3)cc1. The zero-order chi connectivity index (χ0) is 22.0. The Balaban J connectivity index is 1.61. The van der Waals surface area contributed by atoms with Crippen molar-refractivity contribution in [1.29, 1.82) is 0 Å². The number of aryl methyl sites for hydroxylation is 2. The maximum absolute atomic E-state index is 13.5. The Bertz CT molecular complexity index is 1200. The first-order chi connectivity index (χ1) is 14.8. The van der Waals surface area contributed by atoms with E-state index in [2.05, 4.69) is 21.2 Å². The zero-order valence-electron chi connectivity index (χ0n) is 17.0. The van der Waals surface area contributed by atoms with Gasteiger partial charge in [-0.2, -0.15) is 0 Å². The lowest BCUT2D eigenvalue weighted by molar-refractivity contribution is -0.118. The third-order valence-electron chi connectivity index (χ3n) is 5.16. The number of benzene rings is 2. The average Bonchev–Trinajstić information content (AvgIpc) is 3.12. The van der Waals surface area contributed by atoms with E-state index < -0.39 is 9.84 Å². The monoisotopic (exact) mass is 519 g/mol. The summed E-state index contributed by atoms with van der Waals surface area (Å²) in [5.41, 5.74) is 1.84. The average molecular weight is 520 g/mol. The predicted octanol–water partition coefficient (Wildman–Crippen LogP) is 5.55. The molecule has 1 aliphatic carbocycles. The quantitative estimate of drug-likeness (QED) is 0.463. The molecule has 31 heavy (non-hydrogen) atoms. The van der Waals surface area contributed by atoms with Gasteiger partial charge >= 0.3 is 0 Å². The Hall–Kier alpha value is -2.16. The van der Waals surface area contributed by atoms with E-state index in [0.717, 1.165) is 39.7 Å². The number of carbonyl (C=O) groups is 1. The van der Waals surface area contributed by atoms with Crippen LogP contribution in [0.25, 0.3) is 0 Å². The number of fused-ring (bicyclic) bond motifs is 1. The van der Waals surface area contributed by atoms with Gasteiger partial charge in [-0.15, -0.1) is 11.3 Å². The van der Waals surface area contributed by atoms with Crippen LogP contribution in [0.4, 0.5) is 5.00 Å². The lowest BCUT2D eigenvalue weighted by Gasteiger charge is -2.14. The molecule has 4 rings (SSSR count). The van der Waals surface area contributed by atoms with Gasteiger partial charge in [-0.05, 0) is 74.6 Å². The highest BCUT2D eigenvalue weighted by Gasteiger charge is 2.31. The Morgan fingerprint density at radius 2 is 1.74 bits per heavy atom. The molecule has 0 bridgehead atoms. The number of amides is 1. The second kappa shape index (κ2) is 9.14. The van der Waals surface area contributed by atoms with Crippen LogP contribution in [0.15, 0.2) is 62.8 Å². The van der Waals surface area contributed by atoms with E-state index in [9.17, 15) is 13.2 Å². The molecule has 8 heteroatoms. The second-order valence-corrected chi connectivity index (χ2v) is 11.4. The van der Waals surface area contributed by atoms with Crippen LogP contribution in [0.1, 0.15) is 28.8 Å². The minimum Gasteiger partial charge on any atom is -0.484 e. The van der Waals surface area contributed by atoms with E-state index in [1.807, 2.05) is 19.1 Å². The number of thiophene rings is 1. The number of halogens is 1. The van der Waals surface area contributed by atoms with E-state index in [1.54, 1.807) is 36.4 Å². The lowest BCUT2D eigenvalue weighted by Crippen LogP contribution is -2.21. The summed E-state index contributed by atoms with van der Waals surface area (Å²) < 4.78 is 33.5. The van der Waals surface area contributed by atoms with Crippen molar-refractivity contribution in [3.8, 4) is 5.75 Å². The van der Waals surface area contributed by atoms with Crippen molar-refractivity contribution in [3.63, 3.8) is 0 Å². The van der Waals surface area contributed by atoms with Gasteiger partial charge in [0.15, 0.2) is 6.61 Å². The highest BCUT2D eigenvalue weighted by Crippen LogP contribution is 2.43. The Labute approximate surface area is 194 Å². The third-order valence-corrected chi connectivity index (χ3v) is 8.91. The highest BCUT2D eigenvalue weighted by molar-refractivity contribution is 9.10. The normalized spacial score (nSPS) is 13.5. The zero-order valence-corrected chi connectivity index (χ0v) is 20.2. The van der Waals surface area contributed by atoms with Crippen LogP contribution in [0.3, 0.4) is 0 Å². The highest BCUT2D eigenvalue weighted by atomic mass is 79.9. The first kappa shape index (κ1) is 22.0. The van der Waals surface area contributed by atoms with Crippen molar-refractivity contribution < 1.29 is 17.9 Å². The largest absolute Gasteiger partial charge is 0.484 e. The summed E-state index contributed by atoms with van der Waals surface area (Å²) >= 11 is 4.72. The van der Waals surface area contributed by atoms with Crippen LogP contribution in [0.5, 0.6) is 5.75 Å². The molecular weight excluding hydrogens is 498 g/mol.